The molecule has 0 atom stereocenters. The number of para-hydroxylation sites is 1. The third kappa shape index (κ3) is 3.81. The van der Waals surface area contributed by atoms with Gasteiger partial charge in [0.1, 0.15) is 12.7 Å². The average molecular weight is 390 g/mol. The lowest BCUT2D eigenvalue weighted by molar-refractivity contribution is 0.0951. The van der Waals surface area contributed by atoms with E-state index >= 15 is 0 Å². The highest BCUT2D eigenvalue weighted by molar-refractivity contribution is 5.95. The SMILES string of the molecule is Cc1c(C(=O)NCCn2nc(-n3cncn3)ccc2=O)cnn1-c1ccccc1. The molecule has 0 radical (unpaired) electrons. The van der Waals surface area contributed by atoms with E-state index in [1.165, 1.54) is 34.3 Å². The van der Waals surface area contributed by atoms with Gasteiger partial charge in [0.15, 0.2) is 5.82 Å². The van der Waals surface area contributed by atoms with Crippen LogP contribution in [0.5, 0.6) is 0 Å². The Morgan fingerprint density at radius 3 is 2.69 bits per heavy atom. The Kier molecular flexibility index (Phi) is 4.97. The summed E-state index contributed by atoms with van der Waals surface area (Å²) in [6, 6.07) is 12.5. The van der Waals surface area contributed by atoms with Crippen LogP contribution >= 0.6 is 0 Å². The van der Waals surface area contributed by atoms with E-state index in [0.29, 0.717) is 11.4 Å². The lowest BCUT2D eigenvalue weighted by Crippen LogP contribution is -2.32. The van der Waals surface area contributed by atoms with E-state index in [-0.39, 0.29) is 24.6 Å². The predicted molar refractivity (Wildman–Crippen MR) is 104 cm³/mol. The summed E-state index contributed by atoms with van der Waals surface area (Å²) >= 11 is 0. The molecule has 0 spiro atoms. The number of amides is 1. The quantitative estimate of drug-likeness (QED) is 0.520. The maximum atomic E-state index is 12.5. The molecule has 0 aliphatic carbocycles. The third-order valence-corrected chi connectivity index (χ3v) is 4.37. The highest BCUT2D eigenvalue weighted by Crippen LogP contribution is 2.13. The first-order chi connectivity index (χ1) is 14.1. The van der Waals surface area contributed by atoms with Crippen LogP contribution in [-0.4, -0.2) is 46.8 Å². The van der Waals surface area contributed by atoms with Crippen LogP contribution in [-0.2, 0) is 6.54 Å². The van der Waals surface area contributed by atoms with Crippen LogP contribution in [0.15, 0.2) is 66.1 Å². The maximum Gasteiger partial charge on any atom is 0.266 e. The van der Waals surface area contributed by atoms with Crippen LogP contribution < -0.4 is 10.9 Å². The van der Waals surface area contributed by atoms with Gasteiger partial charge in [0.2, 0.25) is 0 Å². The summed E-state index contributed by atoms with van der Waals surface area (Å²) in [6.45, 7) is 2.30. The van der Waals surface area contributed by atoms with Crippen molar-refractivity contribution in [3.63, 3.8) is 0 Å². The normalized spacial score (nSPS) is 10.8. The van der Waals surface area contributed by atoms with E-state index in [1.54, 1.807) is 10.7 Å². The number of hydrogen-bond donors (Lipinski definition) is 1. The van der Waals surface area contributed by atoms with Crippen molar-refractivity contribution < 1.29 is 4.79 Å². The number of carbonyl (C=O) groups excluding carboxylic acids is 1. The van der Waals surface area contributed by atoms with Crippen molar-refractivity contribution in [3.8, 4) is 11.5 Å². The maximum absolute atomic E-state index is 12.5. The lowest BCUT2D eigenvalue weighted by Gasteiger charge is -2.08. The second-order valence-electron chi connectivity index (χ2n) is 6.24. The first kappa shape index (κ1) is 18.3. The van der Waals surface area contributed by atoms with Crippen LogP contribution in [0.3, 0.4) is 0 Å². The van der Waals surface area contributed by atoms with E-state index in [0.717, 1.165) is 11.4 Å². The molecule has 0 saturated carbocycles. The Morgan fingerprint density at radius 1 is 1.10 bits per heavy atom. The predicted octanol–water partition coefficient (Wildman–Crippen LogP) is 0.748. The molecule has 0 bridgehead atoms. The molecule has 0 aliphatic rings. The van der Waals surface area contributed by atoms with E-state index in [1.807, 2.05) is 37.3 Å². The fourth-order valence-electron chi connectivity index (χ4n) is 2.88. The summed E-state index contributed by atoms with van der Waals surface area (Å²) in [5.74, 6) is 0.207. The summed E-state index contributed by atoms with van der Waals surface area (Å²) < 4.78 is 4.44. The first-order valence-corrected chi connectivity index (χ1v) is 8.95. The van der Waals surface area contributed by atoms with Gasteiger partial charge in [-0.2, -0.15) is 10.2 Å². The Hall–Kier alpha value is -4.08. The Balaban J connectivity index is 1.43. The molecule has 29 heavy (non-hydrogen) atoms. The number of hydrogen-bond acceptors (Lipinski definition) is 6. The number of benzene rings is 1. The molecular formula is C19H18N8O2. The molecule has 1 amide bonds. The molecule has 146 valence electrons. The van der Waals surface area contributed by atoms with Gasteiger partial charge in [-0.15, -0.1) is 5.10 Å². The van der Waals surface area contributed by atoms with Crippen molar-refractivity contribution in [1.82, 2.24) is 39.6 Å². The van der Waals surface area contributed by atoms with Crippen LogP contribution in [0.1, 0.15) is 16.1 Å². The van der Waals surface area contributed by atoms with Gasteiger partial charge in [-0.05, 0) is 25.1 Å². The minimum absolute atomic E-state index is 0.221. The minimum atomic E-state index is -0.267. The molecule has 0 saturated heterocycles. The number of rotatable bonds is 6. The highest BCUT2D eigenvalue weighted by Gasteiger charge is 2.15. The smallest absolute Gasteiger partial charge is 0.266 e. The van der Waals surface area contributed by atoms with E-state index < -0.39 is 0 Å². The topological polar surface area (TPSA) is 113 Å². The summed E-state index contributed by atoms with van der Waals surface area (Å²) in [4.78, 5) is 28.4. The summed E-state index contributed by atoms with van der Waals surface area (Å²) in [5, 5.41) is 15.3. The fraction of sp³-hybridized carbons (Fsp3) is 0.158. The fourth-order valence-corrected chi connectivity index (χ4v) is 2.88. The lowest BCUT2D eigenvalue weighted by atomic mass is 10.2. The number of carbonyl (C=O) groups is 1. The summed E-state index contributed by atoms with van der Waals surface area (Å²) in [6.07, 6.45) is 4.41. The van der Waals surface area contributed by atoms with Crippen molar-refractivity contribution in [1.29, 1.82) is 0 Å². The molecule has 0 aliphatic heterocycles. The first-order valence-electron chi connectivity index (χ1n) is 8.95. The molecule has 0 unspecified atom stereocenters. The Labute approximate surface area is 165 Å². The van der Waals surface area contributed by atoms with Crippen molar-refractivity contribution in [3.05, 3.63) is 82.9 Å². The monoisotopic (exact) mass is 390 g/mol. The zero-order valence-corrected chi connectivity index (χ0v) is 15.6. The second kappa shape index (κ2) is 7.89. The minimum Gasteiger partial charge on any atom is -0.350 e. The van der Waals surface area contributed by atoms with Gasteiger partial charge in [-0.25, -0.2) is 19.0 Å². The van der Waals surface area contributed by atoms with Gasteiger partial charge in [-0.1, -0.05) is 18.2 Å². The molecule has 1 aromatic carbocycles. The summed E-state index contributed by atoms with van der Waals surface area (Å²) in [5.41, 5.74) is 1.82. The highest BCUT2D eigenvalue weighted by atomic mass is 16.2. The molecule has 4 rings (SSSR count). The molecule has 3 heterocycles. The molecule has 1 N–H and O–H groups in total. The molecular weight excluding hydrogens is 372 g/mol. The van der Waals surface area contributed by atoms with Crippen LogP contribution in [0.25, 0.3) is 11.5 Å². The average Bonchev–Trinajstić information content (AvgIpc) is 3.40. The van der Waals surface area contributed by atoms with Gasteiger partial charge < -0.3 is 5.32 Å². The molecule has 4 aromatic rings. The van der Waals surface area contributed by atoms with Crippen LogP contribution in [0.4, 0.5) is 0 Å². The van der Waals surface area contributed by atoms with E-state index in [9.17, 15) is 9.59 Å². The van der Waals surface area contributed by atoms with Crippen LogP contribution in [0.2, 0.25) is 0 Å². The van der Waals surface area contributed by atoms with Gasteiger partial charge in [0.25, 0.3) is 11.5 Å². The zero-order valence-electron chi connectivity index (χ0n) is 15.6. The van der Waals surface area contributed by atoms with Gasteiger partial charge >= 0.3 is 0 Å². The Bertz CT molecular complexity index is 1180. The zero-order chi connectivity index (χ0) is 20.2. The molecule has 3 aromatic heterocycles. The standard InChI is InChI=1S/C19H18N8O2/c1-14-16(11-22-27(14)15-5-3-2-4-6-15)19(29)21-9-10-25-18(28)8-7-17(24-25)26-13-20-12-23-26/h2-8,11-13H,9-10H2,1H3,(H,21,29). The van der Waals surface area contributed by atoms with Crippen molar-refractivity contribution in [2.45, 2.75) is 13.5 Å². The van der Waals surface area contributed by atoms with Crippen molar-refractivity contribution in [2.24, 2.45) is 0 Å². The van der Waals surface area contributed by atoms with E-state index in [4.69, 9.17) is 0 Å². The largest absolute Gasteiger partial charge is 0.350 e. The number of nitrogens with zero attached hydrogens (tertiary/aromatic N) is 7. The van der Waals surface area contributed by atoms with Crippen molar-refractivity contribution >= 4 is 5.91 Å². The Morgan fingerprint density at radius 2 is 1.93 bits per heavy atom. The van der Waals surface area contributed by atoms with E-state index in [2.05, 4.69) is 25.6 Å². The second-order valence-corrected chi connectivity index (χ2v) is 6.24. The number of aromatic nitrogens is 7. The van der Waals surface area contributed by atoms with Gasteiger partial charge in [-0.3, -0.25) is 9.59 Å². The molecule has 10 nitrogen and oxygen atoms in total. The summed E-state index contributed by atoms with van der Waals surface area (Å²) in [7, 11) is 0. The molecule has 0 fully saturated rings. The van der Waals surface area contributed by atoms with Crippen LogP contribution in [0, 0.1) is 6.92 Å². The van der Waals surface area contributed by atoms with Gasteiger partial charge in [0, 0.05) is 12.6 Å². The number of nitrogens with one attached hydrogen (secondary N) is 1. The third-order valence-electron chi connectivity index (χ3n) is 4.37. The van der Waals surface area contributed by atoms with Gasteiger partial charge in [0.05, 0.1) is 29.7 Å². The van der Waals surface area contributed by atoms with Crippen molar-refractivity contribution in [2.75, 3.05) is 6.54 Å². The molecule has 10 heteroatoms.